The SMILES string of the molecule is CNCc1cc(Cl)ccc1-c1cc(C)ccc1F. The molecule has 0 amide bonds. The Kier molecular flexibility index (Phi) is 4.00. The molecule has 0 bridgehead atoms. The molecule has 0 aliphatic carbocycles. The van der Waals surface area contributed by atoms with Crippen molar-refractivity contribution in [3.05, 3.63) is 58.4 Å². The van der Waals surface area contributed by atoms with Gasteiger partial charge in [-0.25, -0.2) is 4.39 Å². The van der Waals surface area contributed by atoms with E-state index < -0.39 is 0 Å². The predicted molar refractivity (Wildman–Crippen MR) is 74.3 cm³/mol. The van der Waals surface area contributed by atoms with E-state index in [4.69, 9.17) is 11.6 Å². The average molecular weight is 264 g/mol. The molecule has 3 heteroatoms. The normalized spacial score (nSPS) is 10.7. The Hall–Kier alpha value is -1.38. The van der Waals surface area contributed by atoms with Crippen LogP contribution < -0.4 is 5.32 Å². The summed E-state index contributed by atoms with van der Waals surface area (Å²) in [6.07, 6.45) is 0. The molecule has 0 aliphatic heterocycles. The van der Waals surface area contributed by atoms with Crippen molar-refractivity contribution in [2.45, 2.75) is 13.5 Å². The number of hydrogen-bond acceptors (Lipinski definition) is 1. The zero-order chi connectivity index (χ0) is 13.1. The molecule has 0 saturated carbocycles. The minimum atomic E-state index is -0.208. The minimum Gasteiger partial charge on any atom is -0.316 e. The molecule has 2 aromatic rings. The first-order chi connectivity index (χ1) is 8.61. The first-order valence-electron chi connectivity index (χ1n) is 5.81. The third kappa shape index (κ3) is 2.71. The Morgan fingerprint density at radius 2 is 1.89 bits per heavy atom. The zero-order valence-electron chi connectivity index (χ0n) is 10.4. The Balaban J connectivity index is 2.58. The van der Waals surface area contributed by atoms with Gasteiger partial charge in [-0.15, -0.1) is 0 Å². The fraction of sp³-hybridized carbons (Fsp3) is 0.200. The minimum absolute atomic E-state index is 0.208. The molecular weight excluding hydrogens is 249 g/mol. The van der Waals surface area contributed by atoms with Crippen LogP contribution in [0.5, 0.6) is 0 Å². The van der Waals surface area contributed by atoms with Crippen LogP contribution in [0.4, 0.5) is 4.39 Å². The molecule has 0 saturated heterocycles. The van der Waals surface area contributed by atoms with Gasteiger partial charge in [0.2, 0.25) is 0 Å². The lowest BCUT2D eigenvalue weighted by molar-refractivity contribution is 0.630. The predicted octanol–water partition coefficient (Wildman–Crippen LogP) is 4.17. The molecule has 1 nitrogen and oxygen atoms in total. The van der Waals surface area contributed by atoms with Crippen molar-refractivity contribution < 1.29 is 4.39 Å². The van der Waals surface area contributed by atoms with Gasteiger partial charge in [0.25, 0.3) is 0 Å². The number of hydrogen-bond donors (Lipinski definition) is 1. The number of aryl methyl sites for hydroxylation is 1. The molecule has 0 heterocycles. The van der Waals surface area contributed by atoms with Crippen LogP contribution in [0, 0.1) is 12.7 Å². The smallest absolute Gasteiger partial charge is 0.131 e. The van der Waals surface area contributed by atoms with Gasteiger partial charge in [0.1, 0.15) is 5.82 Å². The van der Waals surface area contributed by atoms with Gasteiger partial charge in [0.15, 0.2) is 0 Å². The third-order valence-corrected chi connectivity index (χ3v) is 3.08. The monoisotopic (exact) mass is 263 g/mol. The van der Waals surface area contributed by atoms with Gasteiger partial charge in [-0.2, -0.15) is 0 Å². The molecule has 94 valence electrons. The maximum Gasteiger partial charge on any atom is 0.131 e. The number of benzene rings is 2. The maximum atomic E-state index is 13.9. The Bertz CT molecular complexity index is 566. The van der Waals surface area contributed by atoms with Crippen LogP contribution in [-0.4, -0.2) is 7.05 Å². The van der Waals surface area contributed by atoms with E-state index in [-0.39, 0.29) is 5.82 Å². The van der Waals surface area contributed by atoms with Crippen LogP contribution in [0.1, 0.15) is 11.1 Å². The van der Waals surface area contributed by atoms with Crippen LogP contribution in [0.25, 0.3) is 11.1 Å². The number of halogens is 2. The highest BCUT2D eigenvalue weighted by Crippen LogP contribution is 2.29. The Labute approximate surface area is 112 Å². The van der Waals surface area contributed by atoms with E-state index in [1.165, 1.54) is 6.07 Å². The van der Waals surface area contributed by atoms with Gasteiger partial charge in [-0.3, -0.25) is 0 Å². The first-order valence-corrected chi connectivity index (χ1v) is 6.19. The Morgan fingerprint density at radius 3 is 2.61 bits per heavy atom. The average Bonchev–Trinajstić information content (AvgIpc) is 2.33. The molecule has 0 radical (unpaired) electrons. The van der Waals surface area contributed by atoms with Crippen molar-refractivity contribution in [1.82, 2.24) is 5.32 Å². The van der Waals surface area contributed by atoms with Gasteiger partial charge in [-0.05, 0) is 49.4 Å². The summed E-state index contributed by atoms with van der Waals surface area (Å²) < 4.78 is 13.9. The number of nitrogens with one attached hydrogen (secondary N) is 1. The fourth-order valence-electron chi connectivity index (χ4n) is 2.01. The molecular formula is C15H15ClFN. The lowest BCUT2D eigenvalue weighted by Crippen LogP contribution is -2.06. The molecule has 0 atom stereocenters. The molecule has 0 aliphatic rings. The maximum absolute atomic E-state index is 13.9. The van der Waals surface area contributed by atoms with Crippen molar-refractivity contribution >= 4 is 11.6 Å². The van der Waals surface area contributed by atoms with Crippen molar-refractivity contribution in [2.75, 3.05) is 7.05 Å². The van der Waals surface area contributed by atoms with Crippen molar-refractivity contribution in [2.24, 2.45) is 0 Å². The molecule has 2 rings (SSSR count). The van der Waals surface area contributed by atoms with Crippen LogP contribution in [0.15, 0.2) is 36.4 Å². The van der Waals surface area contributed by atoms with E-state index in [1.54, 1.807) is 12.1 Å². The lowest BCUT2D eigenvalue weighted by Gasteiger charge is -2.11. The zero-order valence-corrected chi connectivity index (χ0v) is 11.2. The second-order valence-corrected chi connectivity index (χ2v) is 4.75. The second kappa shape index (κ2) is 5.51. The summed E-state index contributed by atoms with van der Waals surface area (Å²) >= 11 is 5.99. The van der Waals surface area contributed by atoms with Crippen LogP contribution in [0.3, 0.4) is 0 Å². The van der Waals surface area contributed by atoms with E-state index in [0.29, 0.717) is 17.1 Å². The van der Waals surface area contributed by atoms with Gasteiger partial charge in [0, 0.05) is 17.1 Å². The summed E-state index contributed by atoms with van der Waals surface area (Å²) in [6, 6.07) is 10.7. The van der Waals surface area contributed by atoms with Crippen LogP contribution >= 0.6 is 11.6 Å². The van der Waals surface area contributed by atoms with E-state index in [2.05, 4.69) is 5.32 Å². The number of rotatable bonds is 3. The standard InChI is InChI=1S/C15H15ClFN/c1-10-3-6-15(17)14(7-10)13-5-4-12(16)8-11(13)9-18-2/h3-8,18H,9H2,1-2H3. The lowest BCUT2D eigenvalue weighted by atomic mass is 9.97. The van der Waals surface area contributed by atoms with Gasteiger partial charge < -0.3 is 5.32 Å². The van der Waals surface area contributed by atoms with Gasteiger partial charge >= 0.3 is 0 Å². The highest BCUT2D eigenvalue weighted by Gasteiger charge is 2.10. The quantitative estimate of drug-likeness (QED) is 0.876. The highest BCUT2D eigenvalue weighted by molar-refractivity contribution is 6.30. The van der Waals surface area contributed by atoms with Gasteiger partial charge in [0.05, 0.1) is 0 Å². The van der Waals surface area contributed by atoms with Crippen LogP contribution in [0.2, 0.25) is 5.02 Å². The summed E-state index contributed by atoms with van der Waals surface area (Å²) in [5.41, 5.74) is 3.54. The van der Waals surface area contributed by atoms with E-state index in [9.17, 15) is 4.39 Å². The van der Waals surface area contributed by atoms with Crippen molar-refractivity contribution in [3.8, 4) is 11.1 Å². The summed E-state index contributed by atoms with van der Waals surface area (Å²) in [5.74, 6) is -0.208. The molecule has 0 aromatic heterocycles. The third-order valence-electron chi connectivity index (χ3n) is 2.85. The van der Waals surface area contributed by atoms with Gasteiger partial charge in [-0.1, -0.05) is 29.3 Å². The fourth-order valence-corrected chi connectivity index (χ4v) is 2.20. The van der Waals surface area contributed by atoms with E-state index in [1.807, 2.05) is 32.2 Å². The summed E-state index contributed by atoms with van der Waals surface area (Å²) in [4.78, 5) is 0. The molecule has 18 heavy (non-hydrogen) atoms. The molecule has 0 spiro atoms. The first kappa shape index (κ1) is 13.1. The van der Waals surface area contributed by atoms with Crippen molar-refractivity contribution in [3.63, 3.8) is 0 Å². The largest absolute Gasteiger partial charge is 0.316 e. The molecule has 0 unspecified atom stereocenters. The topological polar surface area (TPSA) is 12.0 Å². The second-order valence-electron chi connectivity index (χ2n) is 4.32. The Morgan fingerprint density at radius 1 is 1.11 bits per heavy atom. The summed E-state index contributed by atoms with van der Waals surface area (Å²) in [5, 5.41) is 3.74. The highest BCUT2D eigenvalue weighted by atomic mass is 35.5. The molecule has 0 fully saturated rings. The van der Waals surface area contributed by atoms with Crippen LogP contribution in [-0.2, 0) is 6.54 Å². The van der Waals surface area contributed by atoms with E-state index in [0.717, 1.165) is 16.7 Å². The summed E-state index contributed by atoms with van der Waals surface area (Å²) in [6.45, 7) is 2.61. The molecule has 1 N–H and O–H groups in total. The van der Waals surface area contributed by atoms with E-state index >= 15 is 0 Å². The molecule has 2 aromatic carbocycles. The summed E-state index contributed by atoms with van der Waals surface area (Å²) in [7, 11) is 1.86. The van der Waals surface area contributed by atoms with Crippen molar-refractivity contribution in [1.29, 1.82) is 0 Å².